The third-order valence-electron chi connectivity index (χ3n) is 17.8. The molecule has 2 aliphatic carbocycles. The summed E-state index contributed by atoms with van der Waals surface area (Å²) in [5, 5.41) is 13.5. The number of nitrogens with zero attached hydrogens (tertiary/aromatic N) is 4. The van der Waals surface area contributed by atoms with E-state index in [4.69, 9.17) is 15.8 Å². The topological polar surface area (TPSA) is 217 Å². The molecular weight excluding hydrogens is 1070 g/mol. The van der Waals surface area contributed by atoms with Crippen LogP contribution in [0.15, 0.2) is 24.3 Å². The zero-order chi connectivity index (χ0) is 60.8. The Balaban J connectivity index is 0.000000424. The lowest BCUT2D eigenvalue weighted by Gasteiger charge is -2.30. The summed E-state index contributed by atoms with van der Waals surface area (Å²) >= 11 is 0. The Kier molecular flexibility index (Phi) is 44.9. The number of rotatable bonds is 40. The summed E-state index contributed by atoms with van der Waals surface area (Å²) in [6.07, 6.45) is 59.2. The summed E-state index contributed by atoms with van der Waals surface area (Å²) in [5.41, 5.74) is 5.48. The Morgan fingerprint density at radius 1 is 0.471 bits per heavy atom. The van der Waals surface area contributed by atoms with Crippen molar-refractivity contribution in [2.75, 3.05) is 39.3 Å². The molecule has 0 aromatic heterocycles. The Bertz CT molecular complexity index is 1840. The van der Waals surface area contributed by atoms with Crippen molar-refractivity contribution in [2.24, 2.45) is 29.4 Å². The number of carbonyl (C=O) groups excluding carboxylic acids is 8. The second-order valence-electron chi connectivity index (χ2n) is 25.0. The van der Waals surface area contributed by atoms with Crippen LogP contribution in [0.25, 0.3) is 0 Å². The number of hydroxylamine groups is 4. The first-order chi connectivity index (χ1) is 40.9. The number of nitrogens with one attached hydrogen (secondary N) is 1. The van der Waals surface area contributed by atoms with Crippen molar-refractivity contribution >= 4 is 47.3 Å². The number of amides is 7. The average molecular weight is 1200 g/mol. The highest BCUT2D eigenvalue weighted by molar-refractivity contribution is 6.13. The summed E-state index contributed by atoms with van der Waals surface area (Å²) in [5.74, 6) is -1.10. The fraction of sp³-hybridized carbons (Fsp3) is 0.826. The minimum absolute atomic E-state index is 0. The van der Waals surface area contributed by atoms with E-state index in [1.807, 2.05) is 0 Å². The molecule has 0 bridgehead atoms. The minimum Gasteiger partial charge on any atom is -0.368 e. The molecule has 7 amide bonds. The van der Waals surface area contributed by atoms with E-state index in [1.54, 1.807) is 5.06 Å². The smallest absolute Gasteiger partial charge is 0.328 e. The fourth-order valence-electron chi connectivity index (χ4n) is 12.2. The van der Waals surface area contributed by atoms with Crippen molar-refractivity contribution < 1.29 is 48.4 Å². The fourth-order valence-corrected chi connectivity index (χ4v) is 12.2. The maximum atomic E-state index is 12.5. The molecule has 6 aliphatic rings. The predicted molar refractivity (Wildman–Crippen MR) is 340 cm³/mol. The van der Waals surface area contributed by atoms with Crippen molar-refractivity contribution in [1.29, 1.82) is 0 Å². The van der Waals surface area contributed by atoms with Crippen LogP contribution < -0.4 is 11.1 Å². The van der Waals surface area contributed by atoms with Crippen molar-refractivity contribution in [2.45, 2.75) is 304 Å². The summed E-state index contributed by atoms with van der Waals surface area (Å²) in [7, 11) is 0. The van der Waals surface area contributed by atoms with Gasteiger partial charge in [0.2, 0.25) is 5.91 Å². The van der Waals surface area contributed by atoms with E-state index in [2.05, 4.69) is 19.2 Å². The lowest BCUT2D eigenvalue weighted by molar-refractivity contribution is -0.192. The molecular formula is C69H122N6O10. The Hall–Kier alpha value is -4.28. The minimum atomic E-state index is -0.505. The van der Waals surface area contributed by atoms with Crippen LogP contribution >= 0.6 is 0 Å². The van der Waals surface area contributed by atoms with E-state index >= 15 is 0 Å². The second kappa shape index (κ2) is 49.7. The highest BCUT2D eigenvalue weighted by Crippen LogP contribution is 2.32. The van der Waals surface area contributed by atoms with Crippen molar-refractivity contribution in [3.05, 3.63) is 24.3 Å². The summed E-state index contributed by atoms with van der Waals surface area (Å²) in [6.45, 7) is 8.88. The first kappa shape index (κ1) is 76.8. The molecule has 0 radical (unpaired) electrons. The van der Waals surface area contributed by atoms with Gasteiger partial charge in [-0.25, -0.2) is 0 Å². The number of nitrogens with two attached hydrogens (primary N) is 1. The molecule has 0 aromatic carbocycles. The molecule has 16 heteroatoms. The quantitative estimate of drug-likeness (QED) is 0.0297. The van der Waals surface area contributed by atoms with E-state index in [0.717, 1.165) is 96.8 Å². The normalized spacial score (nSPS) is 20.3. The van der Waals surface area contributed by atoms with Gasteiger partial charge in [0, 0.05) is 75.8 Å². The zero-order valence-corrected chi connectivity index (χ0v) is 53.0. The van der Waals surface area contributed by atoms with Gasteiger partial charge in [-0.05, 0) is 95.4 Å². The molecule has 2 saturated carbocycles. The van der Waals surface area contributed by atoms with E-state index < -0.39 is 11.8 Å². The number of hydrogen-bond donors (Lipinski definition) is 3. The third kappa shape index (κ3) is 35.3. The van der Waals surface area contributed by atoms with Gasteiger partial charge in [0.1, 0.15) is 0 Å². The SMILES string of the molecule is C.CCCCCCCCCCCCCCCCCCN.CCCCCCCCCCCCCCCCCCNC(=O)C1CCC(CN2C(=O)C=CC2=O)CC1.O=C(ON1CCCC1)C1CCC(CN2C(=O)C=CC2=O)CC1.O=C1CCC(=O)N1O. The van der Waals surface area contributed by atoms with Crippen LogP contribution in [0.4, 0.5) is 0 Å². The third-order valence-corrected chi connectivity index (χ3v) is 17.8. The molecule has 4 fully saturated rings. The molecule has 0 aromatic rings. The second-order valence-corrected chi connectivity index (χ2v) is 25.0. The average Bonchev–Trinajstić information content (AvgIpc) is 4.52. The summed E-state index contributed by atoms with van der Waals surface area (Å²) in [4.78, 5) is 99.7. The van der Waals surface area contributed by atoms with Crippen LogP contribution in [0.2, 0.25) is 0 Å². The van der Waals surface area contributed by atoms with E-state index in [-0.39, 0.29) is 72.7 Å². The zero-order valence-electron chi connectivity index (χ0n) is 53.0. The molecule has 16 nitrogen and oxygen atoms in total. The van der Waals surface area contributed by atoms with Crippen LogP contribution in [0, 0.1) is 23.7 Å². The first-order valence-corrected chi connectivity index (χ1v) is 34.4. The van der Waals surface area contributed by atoms with Crippen LogP contribution in [0.5, 0.6) is 0 Å². The maximum absolute atomic E-state index is 12.5. The Morgan fingerprint density at radius 3 is 1.08 bits per heavy atom. The van der Waals surface area contributed by atoms with E-state index in [9.17, 15) is 38.4 Å². The van der Waals surface area contributed by atoms with Gasteiger partial charge in [-0.15, -0.1) is 5.06 Å². The monoisotopic (exact) mass is 1190 g/mol. The van der Waals surface area contributed by atoms with Gasteiger partial charge in [-0.3, -0.25) is 53.4 Å². The molecule has 4 aliphatic heterocycles. The molecule has 4 heterocycles. The van der Waals surface area contributed by atoms with E-state index in [0.29, 0.717) is 24.9 Å². The standard InChI is InChI=1S/C30H52N2O3.C18H39N.C16H22N2O4.C4H5NO3.CH4/c1-2-3-4-5-6-7-8-9-10-11-12-13-14-15-16-17-24-31-30(35)27-20-18-26(19-21-27)25-32-28(33)22-23-29(32)34;1-2-3-4-5-6-7-8-9-10-11-12-13-14-15-16-17-18-19;19-14-7-8-15(20)18(14)11-12-3-5-13(6-4-12)16(21)22-17-9-1-2-10-17;6-3-1-2-4(7)5(3)8;/h22-23,26-27H,2-21,24-25H2,1H3,(H,31,35);2-19H2,1H3;7-8,12-13H,1-6,9-11H2;8H,1-2H2;1H4. The number of imide groups is 3. The van der Waals surface area contributed by atoms with Gasteiger partial charge in [0.05, 0.1) is 5.92 Å². The molecule has 488 valence electrons. The van der Waals surface area contributed by atoms with E-state index in [1.165, 1.54) is 233 Å². The molecule has 0 atom stereocenters. The Morgan fingerprint density at radius 2 is 0.776 bits per heavy atom. The van der Waals surface area contributed by atoms with Crippen molar-refractivity contribution in [1.82, 2.24) is 25.2 Å². The molecule has 85 heavy (non-hydrogen) atoms. The number of carbonyl (C=O) groups is 8. The van der Waals surface area contributed by atoms with Gasteiger partial charge in [0.15, 0.2) is 0 Å². The Labute approximate surface area is 515 Å². The van der Waals surface area contributed by atoms with Gasteiger partial charge >= 0.3 is 5.97 Å². The van der Waals surface area contributed by atoms with Crippen LogP contribution in [0.1, 0.15) is 304 Å². The number of hydrogen-bond acceptors (Lipinski definition) is 12. The lowest BCUT2D eigenvalue weighted by Crippen LogP contribution is -2.38. The van der Waals surface area contributed by atoms with Gasteiger partial charge in [-0.2, -0.15) is 5.06 Å². The van der Waals surface area contributed by atoms with Crippen LogP contribution in [0.3, 0.4) is 0 Å². The van der Waals surface area contributed by atoms with Gasteiger partial charge in [0.25, 0.3) is 35.4 Å². The molecule has 0 unspecified atom stereocenters. The molecule has 4 N–H and O–H groups in total. The molecule has 0 spiro atoms. The van der Waals surface area contributed by atoms with Gasteiger partial charge < -0.3 is 15.9 Å². The molecule has 6 rings (SSSR count). The first-order valence-electron chi connectivity index (χ1n) is 34.4. The van der Waals surface area contributed by atoms with Crippen molar-refractivity contribution in [3.63, 3.8) is 0 Å². The highest BCUT2D eigenvalue weighted by atomic mass is 16.7. The highest BCUT2D eigenvalue weighted by Gasteiger charge is 2.34. The summed E-state index contributed by atoms with van der Waals surface area (Å²) < 4.78 is 0. The number of unbranched alkanes of at least 4 members (excludes halogenated alkanes) is 30. The predicted octanol–water partition coefficient (Wildman–Crippen LogP) is 14.7. The van der Waals surface area contributed by atoms with Gasteiger partial charge in [-0.1, -0.05) is 214 Å². The molecule has 2 saturated heterocycles. The maximum Gasteiger partial charge on any atom is 0.328 e. The lowest BCUT2D eigenvalue weighted by atomic mass is 9.81. The van der Waals surface area contributed by atoms with Crippen LogP contribution in [-0.4, -0.2) is 112 Å². The largest absolute Gasteiger partial charge is 0.368 e. The van der Waals surface area contributed by atoms with Crippen LogP contribution in [-0.2, 0) is 43.2 Å². The van der Waals surface area contributed by atoms with Crippen molar-refractivity contribution in [3.8, 4) is 0 Å². The summed E-state index contributed by atoms with van der Waals surface area (Å²) in [6, 6.07) is 0.